The average molecular weight is 432 g/mol. The van der Waals surface area contributed by atoms with Crippen LogP contribution in [0.5, 0.6) is 17.2 Å². The van der Waals surface area contributed by atoms with Gasteiger partial charge in [0, 0.05) is 18.5 Å². The topological polar surface area (TPSA) is 82.8 Å². The van der Waals surface area contributed by atoms with Gasteiger partial charge in [0.2, 0.25) is 0 Å². The zero-order valence-electron chi connectivity index (χ0n) is 18.2. The SMILES string of the molecule is COc1ccc(Cc2nc3ccc(C(=O)NCc4ccc(OC)c(OC)c4)cc3o2)cc1. The number of ether oxygens (including phenoxy) is 3. The Morgan fingerprint density at radius 1 is 0.875 bits per heavy atom. The Balaban J connectivity index is 1.44. The molecular formula is C25H24N2O5. The first-order valence-electron chi connectivity index (χ1n) is 10.1. The van der Waals surface area contributed by atoms with E-state index in [-0.39, 0.29) is 5.91 Å². The van der Waals surface area contributed by atoms with E-state index in [9.17, 15) is 4.79 Å². The third kappa shape index (κ3) is 4.67. The highest BCUT2D eigenvalue weighted by atomic mass is 16.5. The summed E-state index contributed by atoms with van der Waals surface area (Å²) >= 11 is 0. The fraction of sp³-hybridized carbons (Fsp3) is 0.200. The van der Waals surface area contributed by atoms with Crippen LogP contribution in [0.15, 0.2) is 65.1 Å². The maximum absolute atomic E-state index is 12.7. The second kappa shape index (κ2) is 9.43. The van der Waals surface area contributed by atoms with Gasteiger partial charge in [-0.1, -0.05) is 18.2 Å². The van der Waals surface area contributed by atoms with E-state index in [4.69, 9.17) is 18.6 Å². The number of oxazole rings is 1. The van der Waals surface area contributed by atoms with Crippen molar-refractivity contribution in [3.05, 3.63) is 83.2 Å². The summed E-state index contributed by atoms with van der Waals surface area (Å²) in [6, 6.07) is 18.5. The fourth-order valence-corrected chi connectivity index (χ4v) is 3.38. The predicted molar refractivity (Wildman–Crippen MR) is 121 cm³/mol. The number of amides is 1. The Kier molecular flexibility index (Phi) is 6.26. The van der Waals surface area contributed by atoms with E-state index >= 15 is 0 Å². The van der Waals surface area contributed by atoms with Crippen LogP contribution in [0.25, 0.3) is 11.1 Å². The fourth-order valence-electron chi connectivity index (χ4n) is 3.38. The van der Waals surface area contributed by atoms with E-state index in [0.717, 1.165) is 16.9 Å². The molecule has 0 saturated carbocycles. The van der Waals surface area contributed by atoms with Crippen molar-refractivity contribution in [3.63, 3.8) is 0 Å². The minimum absolute atomic E-state index is 0.199. The number of methoxy groups -OCH3 is 3. The molecule has 0 radical (unpaired) electrons. The lowest BCUT2D eigenvalue weighted by Crippen LogP contribution is -2.22. The maximum atomic E-state index is 12.7. The average Bonchev–Trinajstić information content (AvgIpc) is 3.24. The molecule has 1 amide bonds. The molecule has 1 N–H and O–H groups in total. The molecule has 7 nitrogen and oxygen atoms in total. The molecule has 0 spiro atoms. The van der Waals surface area contributed by atoms with Crippen LogP contribution < -0.4 is 19.5 Å². The first-order chi connectivity index (χ1) is 15.6. The largest absolute Gasteiger partial charge is 0.497 e. The van der Waals surface area contributed by atoms with Gasteiger partial charge in [-0.3, -0.25) is 4.79 Å². The van der Waals surface area contributed by atoms with Crippen molar-refractivity contribution in [2.45, 2.75) is 13.0 Å². The van der Waals surface area contributed by atoms with Gasteiger partial charge in [-0.05, 0) is 53.6 Å². The molecule has 7 heteroatoms. The molecule has 1 aromatic heterocycles. The van der Waals surface area contributed by atoms with Crippen molar-refractivity contribution in [1.82, 2.24) is 10.3 Å². The molecule has 0 aliphatic carbocycles. The third-order valence-corrected chi connectivity index (χ3v) is 5.11. The molecule has 0 bridgehead atoms. The van der Waals surface area contributed by atoms with E-state index in [2.05, 4.69) is 10.3 Å². The Hall–Kier alpha value is -4.00. The highest BCUT2D eigenvalue weighted by Crippen LogP contribution is 2.27. The number of fused-ring (bicyclic) bond motifs is 1. The lowest BCUT2D eigenvalue weighted by atomic mass is 10.1. The molecule has 0 fully saturated rings. The van der Waals surface area contributed by atoms with Gasteiger partial charge in [-0.25, -0.2) is 4.98 Å². The minimum Gasteiger partial charge on any atom is -0.497 e. The van der Waals surface area contributed by atoms with Gasteiger partial charge in [-0.15, -0.1) is 0 Å². The van der Waals surface area contributed by atoms with Gasteiger partial charge < -0.3 is 23.9 Å². The summed E-state index contributed by atoms with van der Waals surface area (Å²) in [5.41, 5.74) is 3.76. The summed E-state index contributed by atoms with van der Waals surface area (Å²) in [6.07, 6.45) is 0.555. The molecule has 3 aromatic carbocycles. The number of nitrogens with zero attached hydrogens (tertiary/aromatic N) is 1. The molecule has 0 aliphatic heterocycles. The highest BCUT2D eigenvalue weighted by molar-refractivity contribution is 5.97. The lowest BCUT2D eigenvalue weighted by molar-refractivity contribution is 0.0951. The molecule has 0 atom stereocenters. The number of hydrogen-bond donors (Lipinski definition) is 1. The normalized spacial score (nSPS) is 10.7. The van der Waals surface area contributed by atoms with Gasteiger partial charge in [0.1, 0.15) is 11.3 Å². The standard InChI is InChI=1S/C25H24N2O5/c1-29-19-8-4-16(5-9-19)13-24-27-20-10-7-18(14-22(20)32-24)25(28)26-15-17-6-11-21(30-2)23(12-17)31-3/h4-12,14H,13,15H2,1-3H3,(H,26,28). The lowest BCUT2D eigenvalue weighted by Gasteiger charge is -2.10. The van der Waals surface area contributed by atoms with Crippen LogP contribution >= 0.6 is 0 Å². The van der Waals surface area contributed by atoms with Crippen molar-refractivity contribution < 1.29 is 23.4 Å². The quantitative estimate of drug-likeness (QED) is 0.445. The number of nitrogens with one attached hydrogen (secondary N) is 1. The van der Waals surface area contributed by atoms with E-state index < -0.39 is 0 Å². The number of carbonyl (C=O) groups is 1. The number of carbonyl (C=O) groups excluding carboxylic acids is 1. The molecular weight excluding hydrogens is 408 g/mol. The first-order valence-corrected chi connectivity index (χ1v) is 10.1. The highest BCUT2D eigenvalue weighted by Gasteiger charge is 2.12. The zero-order chi connectivity index (χ0) is 22.5. The van der Waals surface area contributed by atoms with Crippen LogP contribution in [0.4, 0.5) is 0 Å². The Morgan fingerprint density at radius 3 is 2.34 bits per heavy atom. The summed E-state index contributed by atoms with van der Waals surface area (Å²) in [5.74, 6) is 2.45. The minimum atomic E-state index is -0.199. The van der Waals surface area contributed by atoms with E-state index in [1.165, 1.54) is 0 Å². The van der Waals surface area contributed by atoms with Gasteiger partial charge in [0.25, 0.3) is 5.91 Å². The van der Waals surface area contributed by atoms with E-state index in [1.807, 2.05) is 42.5 Å². The number of benzene rings is 3. The second-order valence-corrected chi connectivity index (χ2v) is 7.19. The van der Waals surface area contributed by atoms with Gasteiger partial charge in [0.15, 0.2) is 23.0 Å². The summed E-state index contributed by atoms with van der Waals surface area (Å²) in [6.45, 7) is 0.357. The predicted octanol–water partition coefficient (Wildman–Crippen LogP) is 4.37. The zero-order valence-corrected chi connectivity index (χ0v) is 18.2. The molecule has 0 unspecified atom stereocenters. The van der Waals surface area contributed by atoms with E-state index in [0.29, 0.717) is 47.0 Å². The molecule has 4 rings (SSSR count). The van der Waals surface area contributed by atoms with Crippen LogP contribution in [-0.4, -0.2) is 32.2 Å². The summed E-state index contributed by atoms with van der Waals surface area (Å²) in [5, 5.41) is 2.92. The van der Waals surface area contributed by atoms with Crippen molar-refractivity contribution in [3.8, 4) is 17.2 Å². The van der Waals surface area contributed by atoms with Crippen molar-refractivity contribution in [1.29, 1.82) is 0 Å². The number of aromatic nitrogens is 1. The van der Waals surface area contributed by atoms with Crippen molar-refractivity contribution in [2.24, 2.45) is 0 Å². The molecule has 0 saturated heterocycles. The van der Waals surface area contributed by atoms with Crippen molar-refractivity contribution in [2.75, 3.05) is 21.3 Å². The molecule has 1 heterocycles. The molecule has 164 valence electrons. The number of hydrogen-bond acceptors (Lipinski definition) is 6. The third-order valence-electron chi connectivity index (χ3n) is 5.11. The van der Waals surface area contributed by atoms with Gasteiger partial charge in [0.05, 0.1) is 21.3 Å². The summed E-state index contributed by atoms with van der Waals surface area (Å²) in [4.78, 5) is 17.2. The van der Waals surface area contributed by atoms with Crippen LogP contribution in [0.1, 0.15) is 27.4 Å². The number of rotatable bonds is 8. The van der Waals surface area contributed by atoms with E-state index in [1.54, 1.807) is 39.5 Å². The Labute approximate surface area is 185 Å². The Bertz CT molecular complexity index is 1230. The summed E-state index contributed by atoms with van der Waals surface area (Å²) < 4.78 is 21.6. The summed E-state index contributed by atoms with van der Waals surface area (Å²) in [7, 11) is 4.80. The van der Waals surface area contributed by atoms with Crippen LogP contribution in [-0.2, 0) is 13.0 Å². The molecule has 0 aliphatic rings. The first kappa shape index (κ1) is 21.2. The molecule has 32 heavy (non-hydrogen) atoms. The maximum Gasteiger partial charge on any atom is 0.251 e. The van der Waals surface area contributed by atoms with Crippen molar-refractivity contribution >= 4 is 17.0 Å². The van der Waals surface area contributed by atoms with Crippen LogP contribution in [0.2, 0.25) is 0 Å². The second-order valence-electron chi connectivity index (χ2n) is 7.19. The van der Waals surface area contributed by atoms with Gasteiger partial charge >= 0.3 is 0 Å². The smallest absolute Gasteiger partial charge is 0.251 e. The van der Waals surface area contributed by atoms with Crippen LogP contribution in [0, 0.1) is 0 Å². The Morgan fingerprint density at radius 2 is 1.62 bits per heavy atom. The van der Waals surface area contributed by atoms with Gasteiger partial charge in [-0.2, -0.15) is 0 Å². The molecule has 4 aromatic rings. The van der Waals surface area contributed by atoms with Crippen LogP contribution in [0.3, 0.4) is 0 Å². The monoisotopic (exact) mass is 432 g/mol.